The van der Waals surface area contributed by atoms with E-state index in [0.29, 0.717) is 18.1 Å². The molecule has 7 heteroatoms. The Morgan fingerprint density at radius 3 is 2.89 bits per heavy atom. The number of aromatic nitrogens is 2. The van der Waals surface area contributed by atoms with Gasteiger partial charge < -0.3 is 4.74 Å². The zero-order valence-corrected chi connectivity index (χ0v) is 16.3. The van der Waals surface area contributed by atoms with Crippen LogP contribution in [0.4, 0.5) is 5.13 Å². The standard InChI is InChI=1S/C20H17N3O2S2/c1-25-15-6-7-17-18(10-15)27-20(22-17)23(13-14-4-2-8-21-12-14)19(24)11-16-5-3-9-26-16/h2-10,12H,11,13H2,1H3. The summed E-state index contributed by atoms with van der Waals surface area (Å²) in [6.07, 6.45) is 3.87. The molecule has 27 heavy (non-hydrogen) atoms. The Morgan fingerprint density at radius 1 is 1.22 bits per heavy atom. The van der Waals surface area contributed by atoms with E-state index >= 15 is 0 Å². The third-order valence-electron chi connectivity index (χ3n) is 4.09. The quantitative estimate of drug-likeness (QED) is 0.481. The van der Waals surface area contributed by atoms with Crippen LogP contribution in [0.5, 0.6) is 5.75 Å². The summed E-state index contributed by atoms with van der Waals surface area (Å²) in [5.74, 6) is 0.800. The summed E-state index contributed by atoms with van der Waals surface area (Å²) in [6.45, 7) is 0.439. The van der Waals surface area contributed by atoms with Crippen molar-refractivity contribution in [3.05, 3.63) is 70.7 Å². The number of hydrogen-bond acceptors (Lipinski definition) is 6. The van der Waals surface area contributed by atoms with Crippen LogP contribution in [0.25, 0.3) is 10.2 Å². The lowest BCUT2D eigenvalue weighted by atomic mass is 10.2. The predicted molar refractivity (Wildman–Crippen MR) is 110 cm³/mol. The highest BCUT2D eigenvalue weighted by Crippen LogP contribution is 2.32. The van der Waals surface area contributed by atoms with Crippen LogP contribution in [0.1, 0.15) is 10.4 Å². The number of ether oxygens (including phenoxy) is 1. The predicted octanol–water partition coefficient (Wildman–Crippen LogP) is 4.54. The molecule has 0 spiro atoms. The Hall–Kier alpha value is -2.77. The minimum Gasteiger partial charge on any atom is -0.497 e. The monoisotopic (exact) mass is 395 g/mol. The molecule has 0 atom stereocenters. The number of thiazole rings is 1. The number of carbonyl (C=O) groups is 1. The number of amides is 1. The van der Waals surface area contributed by atoms with E-state index in [9.17, 15) is 4.79 Å². The van der Waals surface area contributed by atoms with E-state index in [-0.39, 0.29) is 5.91 Å². The maximum absolute atomic E-state index is 13.1. The molecule has 0 aliphatic heterocycles. The fourth-order valence-corrected chi connectivity index (χ4v) is 4.44. The molecule has 4 rings (SSSR count). The van der Waals surface area contributed by atoms with Crippen molar-refractivity contribution in [2.45, 2.75) is 13.0 Å². The van der Waals surface area contributed by atoms with E-state index in [2.05, 4.69) is 9.97 Å². The maximum Gasteiger partial charge on any atom is 0.234 e. The van der Waals surface area contributed by atoms with Crippen molar-refractivity contribution in [1.29, 1.82) is 0 Å². The van der Waals surface area contributed by atoms with Crippen LogP contribution in [-0.2, 0) is 17.8 Å². The van der Waals surface area contributed by atoms with Crippen molar-refractivity contribution in [3.63, 3.8) is 0 Å². The molecule has 0 aliphatic rings. The molecule has 1 amide bonds. The van der Waals surface area contributed by atoms with E-state index in [1.54, 1.807) is 35.7 Å². The van der Waals surface area contributed by atoms with Gasteiger partial charge in [-0.1, -0.05) is 23.5 Å². The fourth-order valence-electron chi connectivity index (χ4n) is 2.73. The maximum atomic E-state index is 13.1. The molecule has 136 valence electrons. The molecular formula is C20H17N3O2S2. The van der Waals surface area contributed by atoms with Crippen molar-refractivity contribution in [2.75, 3.05) is 12.0 Å². The Labute approximate surface area is 164 Å². The van der Waals surface area contributed by atoms with Crippen molar-refractivity contribution in [2.24, 2.45) is 0 Å². The van der Waals surface area contributed by atoms with Crippen molar-refractivity contribution >= 4 is 43.9 Å². The molecule has 3 aromatic heterocycles. The van der Waals surface area contributed by atoms with Gasteiger partial charge in [-0.15, -0.1) is 11.3 Å². The summed E-state index contributed by atoms with van der Waals surface area (Å²) in [7, 11) is 1.64. The number of methoxy groups -OCH3 is 1. The highest BCUT2D eigenvalue weighted by atomic mass is 32.1. The molecule has 3 heterocycles. The van der Waals surface area contributed by atoms with Crippen molar-refractivity contribution < 1.29 is 9.53 Å². The van der Waals surface area contributed by atoms with E-state index < -0.39 is 0 Å². The van der Waals surface area contributed by atoms with Crippen LogP contribution >= 0.6 is 22.7 Å². The molecule has 4 aromatic rings. The normalized spacial score (nSPS) is 10.9. The van der Waals surface area contributed by atoms with Crippen LogP contribution < -0.4 is 9.64 Å². The lowest BCUT2D eigenvalue weighted by Crippen LogP contribution is -2.31. The van der Waals surface area contributed by atoms with Gasteiger partial charge in [-0.2, -0.15) is 0 Å². The first kappa shape index (κ1) is 17.6. The van der Waals surface area contributed by atoms with Crippen LogP contribution in [0, 0.1) is 0 Å². The number of nitrogens with zero attached hydrogens (tertiary/aromatic N) is 3. The minimum absolute atomic E-state index is 0.0207. The molecule has 0 saturated carbocycles. The molecule has 0 aliphatic carbocycles. The summed E-state index contributed by atoms with van der Waals surface area (Å²) in [5.41, 5.74) is 1.82. The zero-order chi connectivity index (χ0) is 18.6. The Bertz CT molecular complexity index is 1050. The van der Waals surface area contributed by atoms with Crippen LogP contribution in [0.15, 0.2) is 60.2 Å². The second-order valence-corrected chi connectivity index (χ2v) is 7.97. The molecule has 0 bridgehead atoms. The second-order valence-electron chi connectivity index (χ2n) is 5.93. The summed E-state index contributed by atoms with van der Waals surface area (Å²) < 4.78 is 6.29. The Balaban J connectivity index is 1.69. The number of thiophene rings is 1. The number of carbonyl (C=O) groups excluding carboxylic acids is 1. The molecule has 5 nitrogen and oxygen atoms in total. The van der Waals surface area contributed by atoms with Gasteiger partial charge in [-0.05, 0) is 41.3 Å². The largest absolute Gasteiger partial charge is 0.497 e. The van der Waals surface area contributed by atoms with Gasteiger partial charge in [-0.25, -0.2) is 4.98 Å². The number of anilines is 1. The van der Waals surface area contributed by atoms with Crippen LogP contribution in [-0.4, -0.2) is 23.0 Å². The van der Waals surface area contributed by atoms with Crippen molar-refractivity contribution in [3.8, 4) is 5.75 Å². The SMILES string of the molecule is COc1ccc2nc(N(Cc3cccnc3)C(=O)Cc3cccs3)sc2c1. The third kappa shape index (κ3) is 3.99. The molecule has 1 aromatic carbocycles. The first-order valence-corrected chi connectivity index (χ1v) is 10.1. The molecule has 0 fully saturated rings. The van der Waals surface area contributed by atoms with E-state index in [1.807, 2.05) is 47.8 Å². The van der Waals surface area contributed by atoms with Gasteiger partial charge in [0.05, 0.1) is 30.3 Å². The first-order valence-electron chi connectivity index (χ1n) is 8.39. The Kier molecular flexibility index (Phi) is 5.13. The average Bonchev–Trinajstić information content (AvgIpc) is 3.35. The molecule has 0 radical (unpaired) electrons. The average molecular weight is 396 g/mol. The highest BCUT2D eigenvalue weighted by Gasteiger charge is 2.21. The van der Waals surface area contributed by atoms with Gasteiger partial charge >= 0.3 is 0 Å². The zero-order valence-electron chi connectivity index (χ0n) is 14.7. The number of rotatable bonds is 6. The lowest BCUT2D eigenvalue weighted by molar-refractivity contribution is -0.118. The topological polar surface area (TPSA) is 55.3 Å². The van der Waals surface area contributed by atoms with E-state index in [0.717, 1.165) is 26.4 Å². The molecular weight excluding hydrogens is 378 g/mol. The van der Waals surface area contributed by atoms with Crippen molar-refractivity contribution in [1.82, 2.24) is 9.97 Å². The summed E-state index contributed by atoms with van der Waals surface area (Å²) in [6, 6.07) is 13.5. The van der Waals surface area contributed by atoms with Crippen LogP contribution in [0.3, 0.4) is 0 Å². The second kappa shape index (κ2) is 7.85. The van der Waals surface area contributed by atoms with Crippen LogP contribution in [0.2, 0.25) is 0 Å². The Morgan fingerprint density at radius 2 is 2.15 bits per heavy atom. The van der Waals surface area contributed by atoms with Gasteiger partial charge in [0, 0.05) is 17.3 Å². The van der Waals surface area contributed by atoms with Gasteiger partial charge in [-0.3, -0.25) is 14.7 Å². The van der Waals surface area contributed by atoms with Gasteiger partial charge in [0.15, 0.2) is 5.13 Å². The molecule has 0 saturated heterocycles. The molecule has 0 N–H and O–H groups in total. The fraction of sp³-hybridized carbons (Fsp3) is 0.150. The number of pyridine rings is 1. The lowest BCUT2D eigenvalue weighted by Gasteiger charge is -2.19. The number of benzene rings is 1. The van der Waals surface area contributed by atoms with Gasteiger partial charge in [0.1, 0.15) is 5.75 Å². The first-order chi connectivity index (χ1) is 13.2. The smallest absolute Gasteiger partial charge is 0.234 e. The highest BCUT2D eigenvalue weighted by molar-refractivity contribution is 7.22. The van der Waals surface area contributed by atoms with E-state index in [1.165, 1.54) is 11.3 Å². The van der Waals surface area contributed by atoms with E-state index in [4.69, 9.17) is 4.74 Å². The van der Waals surface area contributed by atoms with Gasteiger partial charge in [0.2, 0.25) is 5.91 Å². The number of fused-ring (bicyclic) bond motifs is 1. The summed E-state index contributed by atoms with van der Waals surface area (Å²) in [5, 5.41) is 2.67. The molecule has 0 unspecified atom stereocenters. The minimum atomic E-state index is 0.0207. The number of hydrogen-bond donors (Lipinski definition) is 0. The van der Waals surface area contributed by atoms with Gasteiger partial charge in [0.25, 0.3) is 0 Å². The summed E-state index contributed by atoms with van der Waals surface area (Å²) >= 11 is 3.08. The summed E-state index contributed by atoms with van der Waals surface area (Å²) in [4.78, 5) is 24.7. The third-order valence-corrected chi connectivity index (χ3v) is 6.00.